The molecule has 178 valence electrons. The molecule has 0 bridgehead atoms. The standard InChI is InChI=1S/C24H22N6O5/c1-33-17-5-2-15(3-6-17)28-8-10-29(11-9-28)23-25-13-18-21(26-23)27-24(32)30(22(18)31)16-4-7-19-20(12-16)35-14-34-19/h2-7,12-13H,8-11,14H2,1H3,(H,25,26,27,32). The lowest BCUT2D eigenvalue weighted by atomic mass is 10.2. The quantitative estimate of drug-likeness (QED) is 0.470. The van der Waals surface area contributed by atoms with E-state index in [2.05, 4.69) is 19.9 Å². The van der Waals surface area contributed by atoms with Crippen molar-refractivity contribution in [3.05, 3.63) is 69.5 Å². The van der Waals surface area contributed by atoms with E-state index in [9.17, 15) is 9.59 Å². The van der Waals surface area contributed by atoms with Gasteiger partial charge in [0.05, 0.1) is 12.8 Å². The molecule has 0 unspecified atom stereocenters. The summed E-state index contributed by atoms with van der Waals surface area (Å²) in [6, 6.07) is 12.9. The topological polar surface area (TPSA) is 115 Å². The Labute approximate surface area is 199 Å². The van der Waals surface area contributed by atoms with Gasteiger partial charge in [-0.05, 0) is 36.4 Å². The lowest BCUT2D eigenvalue weighted by molar-refractivity contribution is 0.174. The third-order valence-corrected chi connectivity index (χ3v) is 6.25. The molecule has 11 nitrogen and oxygen atoms in total. The summed E-state index contributed by atoms with van der Waals surface area (Å²) < 4.78 is 16.9. The van der Waals surface area contributed by atoms with Gasteiger partial charge in [-0.2, -0.15) is 4.98 Å². The minimum Gasteiger partial charge on any atom is -0.497 e. The van der Waals surface area contributed by atoms with E-state index in [0.29, 0.717) is 36.2 Å². The Morgan fingerprint density at radius 3 is 2.40 bits per heavy atom. The normalized spacial score (nSPS) is 15.0. The first kappa shape index (κ1) is 21.0. The van der Waals surface area contributed by atoms with Gasteiger partial charge in [0.1, 0.15) is 11.1 Å². The number of nitrogens with zero attached hydrogens (tertiary/aromatic N) is 5. The molecule has 11 heteroatoms. The van der Waals surface area contributed by atoms with E-state index < -0.39 is 11.2 Å². The Hall–Kier alpha value is -4.54. The van der Waals surface area contributed by atoms with Crippen molar-refractivity contribution in [2.24, 2.45) is 0 Å². The van der Waals surface area contributed by atoms with Crippen LogP contribution in [-0.4, -0.2) is 59.6 Å². The molecule has 35 heavy (non-hydrogen) atoms. The highest BCUT2D eigenvalue weighted by Gasteiger charge is 2.21. The van der Waals surface area contributed by atoms with Gasteiger partial charge in [0, 0.05) is 44.1 Å². The van der Waals surface area contributed by atoms with Crippen molar-refractivity contribution in [1.82, 2.24) is 19.5 Å². The van der Waals surface area contributed by atoms with Crippen LogP contribution in [0.4, 0.5) is 11.6 Å². The fraction of sp³-hybridized carbons (Fsp3) is 0.250. The van der Waals surface area contributed by atoms with Gasteiger partial charge < -0.3 is 24.0 Å². The summed E-state index contributed by atoms with van der Waals surface area (Å²) in [5.74, 6) is 2.35. The van der Waals surface area contributed by atoms with Crippen LogP contribution < -0.4 is 35.3 Å². The number of nitrogens with one attached hydrogen (secondary N) is 1. The van der Waals surface area contributed by atoms with Crippen LogP contribution in [0, 0.1) is 0 Å². The number of fused-ring (bicyclic) bond motifs is 2. The van der Waals surface area contributed by atoms with Crippen molar-refractivity contribution < 1.29 is 14.2 Å². The molecule has 2 aromatic heterocycles. The van der Waals surface area contributed by atoms with Gasteiger partial charge >= 0.3 is 5.69 Å². The van der Waals surface area contributed by atoms with Gasteiger partial charge in [-0.25, -0.2) is 14.3 Å². The molecule has 2 aromatic carbocycles. The number of piperazine rings is 1. The Bertz CT molecular complexity index is 1520. The van der Waals surface area contributed by atoms with E-state index in [4.69, 9.17) is 14.2 Å². The highest BCUT2D eigenvalue weighted by Crippen LogP contribution is 2.33. The molecule has 0 radical (unpaired) electrons. The maximum Gasteiger partial charge on any atom is 0.334 e. The lowest BCUT2D eigenvalue weighted by Crippen LogP contribution is -2.47. The van der Waals surface area contributed by atoms with Gasteiger partial charge in [-0.3, -0.25) is 9.78 Å². The molecule has 1 fully saturated rings. The van der Waals surface area contributed by atoms with Crippen LogP contribution in [0.25, 0.3) is 16.7 Å². The molecular formula is C24H22N6O5. The lowest BCUT2D eigenvalue weighted by Gasteiger charge is -2.36. The number of aromatic amines is 1. The molecule has 0 saturated carbocycles. The molecule has 0 spiro atoms. The van der Waals surface area contributed by atoms with E-state index in [-0.39, 0.29) is 17.8 Å². The second-order valence-corrected chi connectivity index (χ2v) is 8.21. The zero-order valence-corrected chi connectivity index (χ0v) is 18.9. The van der Waals surface area contributed by atoms with Crippen molar-refractivity contribution in [3.8, 4) is 22.9 Å². The average Bonchev–Trinajstić information content (AvgIpc) is 3.37. The van der Waals surface area contributed by atoms with E-state index in [1.807, 2.05) is 29.2 Å². The van der Waals surface area contributed by atoms with Crippen LogP contribution >= 0.6 is 0 Å². The Balaban J connectivity index is 1.25. The number of ether oxygens (including phenoxy) is 3. The van der Waals surface area contributed by atoms with Gasteiger partial charge in [0.15, 0.2) is 17.1 Å². The van der Waals surface area contributed by atoms with Crippen LogP contribution in [0.15, 0.2) is 58.3 Å². The smallest absolute Gasteiger partial charge is 0.334 e. The average molecular weight is 474 g/mol. The van der Waals surface area contributed by atoms with Gasteiger partial charge in [-0.1, -0.05) is 0 Å². The highest BCUT2D eigenvalue weighted by molar-refractivity contribution is 5.74. The van der Waals surface area contributed by atoms with Gasteiger partial charge in [0.2, 0.25) is 12.7 Å². The predicted molar refractivity (Wildman–Crippen MR) is 129 cm³/mol. The zero-order chi connectivity index (χ0) is 23.9. The number of hydrogen-bond donors (Lipinski definition) is 1. The van der Waals surface area contributed by atoms with Crippen LogP contribution in [0.2, 0.25) is 0 Å². The van der Waals surface area contributed by atoms with Crippen LogP contribution in [0.1, 0.15) is 0 Å². The van der Waals surface area contributed by atoms with Gasteiger partial charge in [0.25, 0.3) is 5.56 Å². The van der Waals surface area contributed by atoms with Crippen LogP contribution in [0.5, 0.6) is 17.2 Å². The summed E-state index contributed by atoms with van der Waals surface area (Å²) in [6.07, 6.45) is 1.47. The van der Waals surface area contributed by atoms with E-state index in [1.54, 1.807) is 25.3 Å². The Morgan fingerprint density at radius 2 is 1.63 bits per heavy atom. The SMILES string of the molecule is COc1ccc(N2CCN(c3ncc4c(=O)n(-c5ccc6c(c5)OCO6)c(=O)[nH]c4n3)CC2)cc1. The fourth-order valence-electron chi connectivity index (χ4n) is 4.36. The zero-order valence-electron chi connectivity index (χ0n) is 18.9. The number of anilines is 2. The van der Waals surface area contributed by atoms with Crippen molar-refractivity contribution in [2.45, 2.75) is 0 Å². The molecule has 2 aliphatic rings. The summed E-state index contributed by atoms with van der Waals surface area (Å²) in [6.45, 7) is 3.09. The Morgan fingerprint density at radius 1 is 0.914 bits per heavy atom. The number of H-pyrrole nitrogens is 1. The number of methoxy groups -OCH3 is 1. The minimum atomic E-state index is -0.588. The predicted octanol–water partition coefficient (Wildman–Crippen LogP) is 1.53. The van der Waals surface area contributed by atoms with Crippen LogP contribution in [-0.2, 0) is 0 Å². The first-order valence-electron chi connectivity index (χ1n) is 11.2. The molecule has 6 rings (SSSR count). The number of rotatable bonds is 4. The minimum absolute atomic E-state index is 0.104. The number of benzene rings is 2. The fourth-order valence-corrected chi connectivity index (χ4v) is 4.36. The third kappa shape index (κ3) is 3.70. The molecule has 0 amide bonds. The molecule has 1 N–H and O–H groups in total. The van der Waals surface area contributed by atoms with Crippen molar-refractivity contribution in [1.29, 1.82) is 0 Å². The third-order valence-electron chi connectivity index (χ3n) is 6.25. The summed E-state index contributed by atoms with van der Waals surface area (Å²) in [7, 11) is 1.65. The van der Waals surface area contributed by atoms with E-state index in [1.165, 1.54) is 6.20 Å². The van der Waals surface area contributed by atoms with Crippen molar-refractivity contribution >= 4 is 22.7 Å². The molecule has 1 saturated heterocycles. The van der Waals surface area contributed by atoms with Gasteiger partial charge in [-0.15, -0.1) is 0 Å². The molecule has 0 aliphatic carbocycles. The van der Waals surface area contributed by atoms with Crippen LogP contribution in [0.3, 0.4) is 0 Å². The second-order valence-electron chi connectivity index (χ2n) is 8.21. The Kier molecular flexibility index (Phi) is 5.02. The monoisotopic (exact) mass is 474 g/mol. The summed E-state index contributed by atoms with van der Waals surface area (Å²) in [4.78, 5) is 42.0. The first-order valence-corrected chi connectivity index (χ1v) is 11.2. The number of aromatic nitrogens is 4. The summed E-state index contributed by atoms with van der Waals surface area (Å²) >= 11 is 0. The largest absolute Gasteiger partial charge is 0.497 e. The molecular weight excluding hydrogens is 452 g/mol. The maximum absolute atomic E-state index is 13.1. The molecule has 2 aliphatic heterocycles. The summed E-state index contributed by atoms with van der Waals surface area (Å²) in [5, 5.41) is 0.225. The second kappa shape index (κ2) is 8.35. The van der Waals surface area contributed by atoms with E-state index in [0.717, 1.165) is 29.1 Å². The van der Waals surface area contributed by atoms with E-state index >= 15 is 0 Å². The number of hydrogen-bond acceptors (Lipinski definition) is 9. The molecule has 4 aromatic rings. The summed E-state index contributed by atoms with van der Waals surface area (Å²) in [5.41, 5.74) is 0.618. The van der Waals surface area contributed by atoms with Crippen molar-refractivity contribution in [2.75, 3.05) is 49.9 Å². The highest BCUT2D eigenvalue weighted by atomic mass is 16.7. The molecule has 4 heterocycles. The van der Waals surface area contributed by atoms with Crippen molar-refractivity contribution in [3.63, 3.8) is 0 Å². The maximum atomic E-state index is 13.1. The first-order chi connectivity index (χ1) is 17.1. The molecule has 0 atom stereocenters.